The Hall–Kier alpha value is -2.92. The maximum atomic E-state index is 13.0. The Morgan fingerprint density at radius 3 is 2.76 bits per heavy atom. The lowest BCUT2D eigenvalue weighted by molar-refractivity contribution is -0.139. The molecule has 1 aromatic rings. The van der Waals surface area contributed by atoms with E-state index in [1.807, 2.05) is 32.0 Å². The Bertz CT molecular complexity index is 975. The van der Waals surface area contributed by atoms with Gasteiger partial charge in [0.15, 0.2) is 5.17 Å². The van der Waals surface area contributed by atoms with Crippen LogP contribution in [0, 0.1) is 18.3 Å². The summed E-state index contributed by atoms with van der Waals surface area (Å²) in [5, 5.41) is 10.1. The first-order valence-corrected chi connectivity index (χ1v) is 10.3. The van der Waals surface area contributed by atoms with Gasteiger partial charge in [0.1, 0.15) is 22.5 Å². The van der Waals surface area contributed by atoms with Crippen molar-refractivity contribution in [2.75, 3.05) is 13.7 Å². The van der Waals surface area contributed by atoms with Crippen molar-refractivity contribution in [1.29, 1.82) is 5.26 Å². The third-order valence-corrected chi connectivity index (χ3v) is 5.80. The zero-order valence-electron chi connectivity index (χ0n) is 17.0. The van der Waals surface area contributed by atoms with Gasteiger partial charge in [-0.25, -0.2) is 9.79 Å². The molecule has 0 saturated carbocycles. The van der Waals surface area contributed by atoms with Crippen LogP contribution in [-0.4, -0.2) is 29.8 Å². The lowest BCUT2D eigenvalue weighted by Gasteiger charge is -2.36. The number of methoxy groups -OCH3 is 1. The number of nitriles is 1. The van der Waals surface area contributed by atoms with Crippen LogP contribution in [0.15, 0.2) is 45.2 Å². The van der Waals surface area contributed by atoms with E-state index >= 15 is 0 Å². The summed E-state index contributed by atoms with van der Waals surface area (Å²) < 4.78 is 10.7. The van der Waals surface area contributed by atoms with Gasteiger partial charge in [-0.1, -0.05) is 19.4 Å². The number of ether oxygens (including phenoxy) is 2. The van der Waals surface area contributed by atoms with E-state index in [-0.39, 0.29) is 6.61 Å². The molecule has 2 aliphatic rings. The van der Waals surface area contributed by atoms with Crippen LogP contribution in [0.5, 0.6) is 5.75 Å². The Labute approximate surface area is 174 Å². The molecular weight excluding hydrogens is 388 g/mol. The average Bonchev–Trinajstić information content (AvgIpc) is 3.02. The molecular formula is C21H24N4O3S. The van der Waals surface area contributed by atoms with Crippen molar-refractivity contribution in [3.05, 3.63) is 51.3 Å². The summed E-state index contributed by atoms with van der Waals surface area (Å²) in [6, 6.07) is 7.30. The lowest BCUT2D eigenvalue weighted by atomic mass is 9.90. The van der Waals surface area contributed by atoms with E-state index < -0.39 is 12.0 Å². The molecule has 2 aliphatic heterocycles. The molecule has 0 aromatic heterocycles. The van der Waals surface area contributed by atoms with Crippen molar-refractivity contribution in [2.45, 2.75) is 39.7 Å². The summed E-state index contributed by atoms with van der Waals surface area (Å²) in [7, 11) is 1.61. The number of aryl methyl sites for hydroxylation is 1. The van der Waals surface area contributed by atoms with E-state index in [1.54, 1.807) is 18.9 Å². The van der Waals surface area contributed by atoms with Crippen molar-refractivity contribution < 1.29 is 14.3 Å². The van der Waals surface area contributed by atoms with E-state index in [9.17, 15) is 10.1 Å². The van der Waals surface area contributed by atoms with E-state index in [2.05, 4.69) is 6.07 Å². The number of nitrogens with two attached hydrogens (primary N) is 1. The summed E-state index contributed by atoms with van der Waals surface area (Å²) in [6.45, 7) is 6.03. The number of carbonyl (C=O) groups excluding carboxylic acids is 1. The van der Waals surface area contributed by atoms with E-state index in [1.165, 1.54) is 11.8 Å². The third kappa shape index (κ3) is 3.70. The molecule has 0 amide bonds. The van der Waals surface area contributed by atoms with Gasteiger partial charge in [0.2, 0.25) is 0 Å². The maximum Gasteiger partial charge on any atom is 0.338 e. The smallest absolute Gasteiger partial charge is 0.338 e. The SMILES string of the molecule is CCCC1=C(C(=O)OCC)[C@H](c2ccc(OC)cc2C)N2C(=N1)SC(C#N)=C2N. The Kier molecular flexibility index (Phi) is 6.18. The average molecular weight is 413 g/mol. The van der Waals surface area contributed by atoms with Crippen LogP contribution in [0.4, 0.5) is 0 Å². The van der Waals surface area contributed by atoms with Gasteiger partial charge in [-0.3, -0.25) is 4.90 Å². The molecule has 0 saturated heterocycles. The van der Waals surface area contributed by atoms with Gasteiger partial charge in [-0.05, 0) is 55.3 Å². The fourth-order valence-electron chi connectivity index (χ4n) is 3.52. The number of hydrogen-bond donors (Lipinski definition) is 1. The van der Waals surface area contributed by atoms with E-state index in [0.717, 1.165) is 23.3 Å². The number of aliphatic imine (C=N–C) groups is 1. The molecule has 0 spiro atoms. The Balaban J connectivity index is 2.25. The number of hydrogen-bond acceptors (Lipinski definition) is 8. The topological polar surface area (TPSA) is 101 Å². The lowest BCUT2D eigenvalue weighted by Crippen LogP contribution is -2.39. The van der Waals surface area contributed by atoms with Crippen molar-refractivity contribution in [3.8, 4) is 11.8 Å². The monoisotopic (exact) mass is 412 g/mol. The molecule has 0 fully saturated rings. The number of amidine groups is 1. The van der Waals surface area contributed by atoms with Crippen LogP contribution >= 0.6 is 11.8 Å². The highest BCUT2D eigenvalue weighted by Gasteiger charge is 2.43. The minimum absolute atomic E-state index is 0.260. The van der Waals surface area contributed by atoms with Crippen LogP contribution in [0.1, 0.15) is 43.9 Å². The second kappa shape index (κ2) is 8.62. The molecule has 0 bridgehead atoms. The normalized spacial score (nSPS) is 18.4. The highest BCUT2D eigenvalue weighted by Crippen LogP contribution is 2.47. The Morgan fingerprint density at radius 2 is 2.17 bits per heavy atom. The van der Waals surface area contributed by atoms with Crippen LogP contribution < -0.4 is 10.5 Å². The molecule has 7 nitrogen and oxygen atoms in total. The summed E-state index contributed by atoms with van der Waals surface area (Å²) >= 11 is 1.23. The minimum atomic E-state index is -0.521. The summed E-state index contributed by atoms with van der Waals surface area (Å²) in [5.41, 5.74) is 9.29. The van der Waals surface area contributed by atoms with E-state index in [4.69, 9.17) is 20.2 Å². The molecule has 3 rings (SSSR count). The zero-order valence-corrected chi connectivity index (χ0v) is 17.8. The highest BCUT2D eigenvalue weighted by molar-refractivity contribution is 8.17. The van der Waals surface area contributed by atoms with Gasteiger partial charge >= 0.3 is 5.97 Å². The van der Waals surface area contributed by atoms with E-state index in [0.29, 0.717) is 33.6 Å². The largest absolute Gasteiger partial charge is 0.497 e. The second-order valence-electron chi connectivity index (χ2n) is 6.65. The van der Waals surface area contributed by atoms with Gasteiger partial charge in [0.25, 0.3) is 0 Å². The first-order valence-electron chi connectivity index (χ1n) is 9.47. The van der Waals surface area contributed by atoms with Gasteiger partial charge < -0.3 is 15.2 Å². The zero-order chi connectivity index (χ0) is 21.1. The number of esters is 1. The molecule has 29 heavy (non-hydrogen) atoms. The number of carbonyl (C=O) groups is 1. The summed E-state index contributed by atoms with van der Waals surface area (Å²) in [5.74, 6) is 0.611. The fourth-order valence-corrected chi connectivity index (χ4v) is 4.41. The first-order chi connectivity index (χ1) is 14.0. The molecule has 1 aromatic carbocycles. The first kappa shape index (κ1) is 20.8. The van der Waals surface area contributed by atoms with Gasteiger partial charge in [0, 0.05) is 0 Å². The number of rotatable bonds is 6. The fraction of sp³-hybridized carbons (Fsp3) is 0.381. The summed E-state index contributed by atoms with van der Waals surface area (Å²) in [4.78, 5) is 19.9. The molecule has 2 heterocycles. The number of thioether (sulfide) groups is 1. The van der Waals surface area contributed by atoms with Crippen LogP contribution in [0.25, 0.3) is 0 Å². The summed E-state index contributed by atoms with van der Waals surface area (Å²) in [6.07, 6.45) is 1.45. The molecule has 152 valence electrons. The van der Waals surface area contributed by atoms with Crippen LogP contribution in [0.3, 0.4) is 0 Å². The van der Waals surface area contributed by atoms with Crippen LogP contribution in [-0.2, 0) is 9.53 Å². The van der Waals surface area contributed by atoms with Gasteiger partial charge in [0.05, 0.1) is 31.0 Å². The van der Waals surface area contributed by atoms with Crippen molar-refractivity contribution in [2.24, 2.45) is 10.7 Å². The molecule has 0 aliphatic carbocycles. The number of allylic oxidation sites excluding steroid dienone is 2. The minimum Gasteiger partial charge on any atom is -0.497 e. The van der Waals surface area contributed by atoms with Gasteiger partial charge in [-0.15, -0.1) is 0 Å². The molecule has 0 radical (unpaired) electrons. The van der Waals surface area contributed by atoms with Crippen molar-refractivity contribution in [1.82, 2.24) is 4.90 Å². The predicted octanol–water partition coefficient (Wildman–Crippen LogP) is 3.73. The number of fused-ring (bicyclic) bond motifs is 1. The van der Waals surface area contributed by atoms with Crippen molar-refractivity contribution >= 4 is 22.9 Å². The molecule has 8 heteroatoms. The van der Waals surface area contributed by atoms with Gasteiger partial charge in [-0.2, -0.15) is 5.26 Å². The molecule has 2 N–H and O–H groups in total. The standard InChI is InChI=1S/C21H24N4O3S/c1-5-7-15-17(20(26)28-6-2)18(14-9-8-13(27-4)10-12(14)3)25-19(23)16(11-22)29-21(25)24-15/h8-10,18H,5-7,23H2,1-4H3/t18-/m0/s1. The molecule has 1 atom stereocenters. The molecule has 0 unspecified atom stereocenters. The predicted molar refractivity (Wildman–Crippen MR) is 113 cm³/mol. The third-order valence-electron chi connectivity index (χ3n) is 4.82. The Morgan fingerprint density at radius 1 is 1.41 bits per heavy atom. The quantitative estimate of drug-likeness (QED) is 0.710. The number of benzene rings is 1. The second-order valence-corrected chi connectivity index (χ2v) is 7.63. The number of nitrogens with zero attached hydrogens (tertiary/aromatic N) is 3. The van der Waals surface area contributed by atoms with Crippen molar-refractivity contribution in [3.63, 3.8) is 0 Å². The maximum absolute atomic E-state index is 13.0. The highest BCUT2D eigenvalue weighted by atomic mass is 32.2. The van der Waals surface area contributed by atoms with Crippen LogP contribution in [0.2, 0.25) is 0 Å².